The Morgan fingerprint density at radius 3 is 2.67 bits per heavy atom. The number of carbonyl (C=O) groups excluding carboxylic acids is 2. The van der Waals surface area contributed by atoms with E-state index in [2.05, 4.69) is 10.9 Å². The van der Waals surface area contributed by atoms with Gasteiger partial charge in [0.25, 0.3) is 11.6 Å². The SMILES string of the molecule is COc1ccc2c(c1OC)C(=O)O[C@H]2NNC(=O)c1cccc([N+](=O)[O-])c1. The summed E-state index contributed by atoms with van der Waals surface area (Å²) in [5.41, 5.74) is 5.48. The monoisotopic (exact) mass is 373 g/mol. The van der Waals surface area contributed by atoms with Crippen molar-refractivity contribution in [3.8, 4) is 11.5 Å². The minimum atomic E-state index is -0.949. The van der Waals surface area contributed by atoms with E-state index in [1.165, 1.54) is 32.4 Å². The van der Waals surface area contributed by atoms with Crippen LogP contribution in [0.25, 0.3) is 0 Å². The molecule has 27 heavy (non-hydrogen) atoms. The summed E-state index contributed by atoms with van der Waals surface area (Å²) in [7, 11) is 2.84. The Kier molecular flexibility index (Phi) is 4.90. The van der Waals surface area contributed by atoms with Gasteiger partial charge in [-0.15, -0.1) is 0 Å². The van der Waals surface area contributed by atoms with Crippen LogP contribution in [0.3, 0.4) is 0 Å². The number of hydrogen-bond donors (Lipinski definition) is 2. The summed E-state index contributed by atoms with van der Waals surface area (Å²) in [5, 5.41) is 10.8. The van der Waals surface area contributed by atoms with Crippen LogP contribution in [0.1, 0.15) is 32.5 Å². The number of hydrogen-bond acceptors (Lipinski definition) is 8. The summed E-state index contributed by atoms with van der Waals surface area (Å²) in [4.78, 5) is 34.6. The lowest BCUT2D eigenvalue weighted by Crippen LogP contribution is -2.40. The molecule has 0 spiro atoms. The van der Waals surface area contributed by atoms with Crippen LogP contribution in [0.4, 0.5) is 5.69 Å². The standard InChI is InChI=1S/C17H15N3O7/c1-25-12-7-6-11-13(14(12)26-2)17(22)27-16(11)19-18-15(21)9-4-3-5-10(8-9)20(23)24/h3-8,16,19H,1-2H3,(H,18,21)/t16-/m1/s1. The molecule has 10 heteroatoms. The van der Waals surface area contributed by atoms with Gasteiger partial charge in [0.15, 0.2) is 17.7 Å². The number of hydrazine groups is 1. The second kappa shape index (κ2) is 7.30. The Morgan fingerprint density at radius 1 is 1.22 bits per heavy atom. The molecular formula is C17H15N3O7. The number of carbonyl (C=O) groups is 2. The van der Waals surface area contributed by atoms with Crippen molar-refractivity contribution in [2.24, 2.45) is 0 Å². The Hall–Kier alpha value is -3.66. The number of nitro benzene ring substituents is 1. The quantitative estimate of drug-likeness (QED) is 0.445. The fourth-order valence-electron chi connectivity index (χ4n) is 2.67. The first-order valence-corrected chi connectivity index (χ1v) is 7.72. The average Bonchev–Trinajstić information content (AvgIpc) is 3.01. The van der Waals surface area contributed by atoms with Crippen LogP contribution in [-0.2, 0) is 4.74 Å². The van der Waals surface area contributed by atoms with Crippen molar-refractivity contribution in [2.75, 3.05) is 14.2 Å². The van der Waals surface area contributed by atoms with Gasteiger partial charge in [-0.2, -0.15) is 5.43 Å². The lowest BCUT2D eigenvalue weighted by Gasteiger charge is -2.14. The largest absolute Gasteiger partial charge is 0.493 e. The van der Waals surface area contributed by atoms with E-state index in [1.807, 2.05) is 0 Å². The summed E-state index contributed by atoms with van der Waals surface area (Å²) in [6.45, 7) is 0. The molecule has 0 saturated heterocycles. The van der Waals surface area contributed by atoms with Crippen LogP contribution in [0.2, 0.25) is 0 Å². The molecule has 2 aromatic carbocycles. The van der Waals surface area contributed by atoms with E-state index in [9.17, 15) is 19.7 Å². The molecule has 0 saturated carbocycles. The Bertz CT molecular complexity index is 929. The van der Waals surface area contributed by atoms with E-state index in [0.29, 0.717) is 11.3 Å². The fraction of sp³-hybridized carbons (Fsp3) is 0.176. The lowest BCUT2D eigenvalue weighted by atomic mass is 10.1. The lowest BCUT2D eigenvalue weighted by molar-refractivity contribution is -0.384. The fourth-order valence-corrected chi connectivity index (χ4v) is 2.67. The number of esters is 1. The summed E-state index contributed by atoms with van der Waals surface area (Å²) in [5.74, 6) is -0.657. The molecule has 0 unspecified atom stereocenters. The molecule has 0 radical (unpaired) electrons. The number of benzene rings is 2. The van der Waals surface area contributed by atoms with Crippen molar-refractivity contribution in [1.29, 1.82) is 0 Å². The molecule has 0 aliphatic carbocycles. The second-order valence-electron chi connectivity index (χ2n) is 5.46. The van der Waals surface area contributed by atoms with Gasteiger partial charge < -0.3 is 14.2 Å². The van der Waals surface area contributed by atoms with Gasteiger partial charge in [0.05, 0.1) is 19.1 Å². The number of non-ortho nitro benzene ring substituents is 1. The minimum absolute atomic E-state index is 0.0774. The van der Waals surface area contributed by atoms with Crippen molar-refractivity contribution in [2.45, 2.75) is 6.23 Å². The Morgan fingerprint density at radius 2 is 2.00 bits per heavy atom. The van der Waals surface area contributed by atoms with Crippen molar-refractivity contribution in [3.63, 3.8) is 0 Å². The van der Waals surface area contributed by atoms with Crippen LogP contribution in [0.5, 0.6) is 11.5 Å². The molecule has 3 rings (SSSR count). The molecular weight excluding hydrogens is 358 g/mol. The zero-order valence-electron chi connectivity index (χ0n) is 14.3. The number of nitro groups is 1. The van der Waals surface area contributed by atoms with E-state index < -0.39 is 23.0 Å². The normalized spacial score (nSPS) is 14.9. The molecule has 1 amide bonds. The number of fused-ring (bicyclic) bond motifs is 1. The van der Waals surface area contributed by atoms with E-state index >= 15 is 0 Å². The molecule has 1 atom stereocenters. The third-order valence-corrected chi connectivity index (χ3v) is 3.93. The zero-order chi connectivity index (χ0) is 19.6. The predicted molar refractivity (Wildman–Crippen MR) is 91.4 cm³/mol. The van der Waals surface area contributed by atoms with Gasteiger partial charge >= 0.3 is 5.97 Å². The third-order valence-electron chi connectivity index (χ3n) is 3.93. The molecule has 0 bridgehead atoms. The average molecular weight is 373 g/mol. The van der Waals surface area contributed by atoms with Gasteiger partial charge in [0, 0.05) is 23.3 Å². The maximum atomic E-state index is 12.2. The molecule has 2 N–H and O–H groups in total. The minimum Gasteiger partial charge on any atom is -0.493 e. The highest BCUT2D eigenvalue weighted by Crippen LogP contribution is 2.40. The number of amides is 1. The van der Waals surface area contributed by atoms with Gasteiger partial charge in [-0.1, -0.05) is 6.07 Å². The second-order valence-corrected chi connectivity index (χ2v) is 5.46. The summed E-state index contributed by atoms with van der Waals surface area (Å²) in [6.07, 6.45) is -0.949. The highest BCUT2D eigenvalue weighted by molar-refractivity contribution is 5.98. The van der Waals surface area contributed by atoms with Crippen LogP contribution >= 0.6 is 0 Å². The summed E-state index contributed by atoms with van der Waals surface area (Å²) < 4.78 is 15.6. The highest BCUT2D eigenvalue weighted by atomic mass is 16.6. The third kappa shape index (κ3) is 3.37. The van der Waals surface area contributed by atoms with Crippen LogP contribution in [0, 0.1) is 10.1 Å². The zero-order valence-corrected chi connectivity index (χ0v) is 14.3. The first kappa shape index (κ1) is 18.1. The molecule has 2 aromatic rings. The van der Waals surface area contributed by atoms with Crippen molar-refractivity contribution < 1.29 is 28.7 Å². The first-order valence-electron chi connectivity index (χ1n) is 7.72. The number of rotatable bonds is 6. The maximum Gasteiger partial charge on any atom is 0.344 e. The Balaban J connectivity index is 1.77. The van der Waals surface area contributed by atoms with Crippen molar-refractivity contribution in [3.05, 3.63) is 63.2 Å². The molecule has 1 aliphatic heterocycles. The van der Waals surface area contributed by atoms with Gasteiger partial charge in [-0.25, -0.2) is 4.79 Å². The van der Waals surface area contributed by atoms with Gasteiger partial charge in [0.2, 0.25) is 0 Å². The highest BCUT2D eigenvalue weighted by Gasteiger charge is 2.36. The van der Waals surface area contributed by atoms with E-state index in [0.717, 1.165) is 6.07 Å². The number of nitrogens with zero attached hydrogens (tertiary/aromatic N) is 1. The van der Waals surface area contributed by atoms with Crippen molar-refractivity contribution in [1.82, 2.24) is 10.9 Å². The van der Waals surface area contributed by atoms with Crippen LogP contribution in [-0.4, -0.2) is 31.0 Å². The van der Waals surface area contributed by atoms with Crippen molar-refractivity contribution >= 4 is 17.6 Å². The van der Waals surface area contributed by atoms with Crippen LogP contribution < -0.4 is 20.3 Å². The molecule has 0 aromatic heterocycles. The van der Waals surface area contributed by atoms with E-state index in [1.54, 1.807) is 12.1 Å². The van der Waals surface area contributed by atoms with E-state index in [4.69, 9.17) is 14.2 Å². The number of methoxy groups -OCH3 is 2. The van der Waals surface area contributed by atoms with Gasteiger partial charge in [-0.3, -0.25) is 20.3 Å². The van der Waals surface area contributed by atoms with Gasteiger partial charge in [0.1, 0.15) is 5.56 Å². The summed E-state index contributed by atoms with van der Waals surface area (Å²) in [6, 6.07) is 8.45. The smallest absolute Gasteiger partial charge is 0.344 e. The predicted octanol–water partition coefficient (Wildman–Crippen LogP) is 1.72. The maximum absolute atomic E-state index is 12.2. The van der Waals surface area contributed by atoms with E-state index in [-0.39, 0.29) is 22.6 Å². The molecule has 140 valence electrons. The molecule has 1 heterocycles. The van der Waals surface area contributed by atoms with Gasteiger partial charge in [-0.05, 0) is 18.2 Å². The molecule has 10 nitrogen and oxygen atoms in total. The molecule has 0 fully saturated rings. The number of nitrogens with one attached hydrogen (secondary N) is 2. The number of cyclic esters (lactones) is 1. The Labute approximate surface area is 153 Å². The molecule has 1 aliphatic rings. The topological polar surface area (TPSA) is 129 Å². The number of ether oxygens (including phenoxy) is 3. The van der Waals surface area contributed by atoms with Crippen LogP contribution in [0.15, 0.2) is 36.4 Å². The summed E-state index contributed by atoms with van der Waals surface area (Å²) >= 11 is 0. The first-order chi connectivity index (χ1) is 13.0.